The van der Waals surface area contributed by atoms with Crippen molar-refractivity contribution in [3.63, 3.8) is 0 Å². The van der Waals surface area contributed by atoms with Crippen LogP contribution in [-0.2, 0) is 0 Å². The van der Waals surface area contributed by atoms with Crippen LogP contribution in [0.15, 0.2) is 11.1 Å². The molecule has 58 valence electrons. The molecule has 0 spiro atoms. The standard InChI is InChI=1S/C8H5N3S/c1-6-8(12-5-11-6)2-7(3-9)4-10/h2,5H,1H3. The van der Waals surface area contributed by atoms with Gasteiger partial charge < -0.3 is 0 Å². The molecule has 0 fully saturated rings. The van der Waals surface area contributed by atoms with Gasteiger partial charge in [0.05, 0.1) is 16.1 Å². The molecule has 0 aromatic carbocycles. The highest BCUT2D eigenvalue weighted by atomic mass is 32.1. The van der Waals surface area contributed by atoms with Gasteiger partial charge in [-0.15, -0.1) is 11.3 Å². The lowest BCUT2D eigenvalue weighted by Crippen LogP contribution is -1.75. The van der Waals surface area contributed by atoms with Gasteiger partial charge >= 0.3 is 0 Å². The van der Waals surface area contributed by atoms with Crippen molar-refractivity contribution in [2.75, 3.05) is 0 Å². The maximum absolute atomic E-state index is 8.46. The summed E-state index contributed by atoms with van der Waals surface area (Å²) in [6, 6.07) is 3.59. The second-order valence-corrected chi connectivity index (χ2v) is 2.97. The SMILES string of the molecule is Cc1ncsc1C=C(C#N)C#N. The zero-order valence-corrected chi connectivity index (χ0v) is 7.22. The van der Waals surface area contributed by atoms with Crippen molar-refractivity contribution in [2.45, 2.75) is 6.92 Å². The molecule has 0 aliphatic heterocycles. The topological polar surface area (TPSA) is 60.5 Å². The molecule has 0 saturated heterocycles. The van der Waals surface area contributed by atoms with Crippen LogP contribution in [0.25, 0.3) is 6.08 Å². The molecule has 0 aliphatic carbocycles. The summed E-state index contributed by atoms with van der Waals surface area (Å²) in [5.41, 5.74) is 2.65. The number of allylic oxidation sites excluding steroid dienone is 1. The minimum Gasteiger partial charge on any atom is -0.249 e. The Morgan fingerprint density at radius 2 is 2.25 bits per heavy atom. The Kier molecular flexibility index (Phi) is 2.57. The van der Waals surface area contributed by atoms with E-state index in [1.165, 1.54) is 11.3 Å². The Morgan fingerprint density at radius 1 is 1.58 bits per heavy atom. The number of rotatable bonds is 1. The summed E-state index contributed by atoms with van der Waals surface area (Å²) in [5, 5.41) is 16.9. The Bertz CT molecular complexity index is 373. The average molecular weight is 175 g/mol. The monoisotopic (exact) mass is 175 g/mol. The molecule has 0 amide bonds. The van der Waals surface area contributed by atoms with Crippen molar-refractivity contribution < 1.29 is 0 Å². The summed E-state index contributed by atoms with van der Waals surface area (Å²) in [5.74, 6) is 0. The lowest BCUT2D eigenvalue weighted by molar-refractivity contribution is 1.26. The first-order valence-electron chi connectivity index (χ1n) is 3.20. The fourth-order valence-corrected chi connectivity index (χ4v) is 1.40. The summed E-state index contributed by atoms with van der Waals surface area (Å²) in [6.45, 7) is 1.84. The van der Waals surface area contributed by atoms with Gasteiger partial charge in [-0.1, -0.05) is 0 Å². The predicted octanol–water partition coefficient (Wildman–Crippen LogP) is 1.88. The Balaban J connectivity index is 3.05. The minimum absolute atomic E-state index is 0.113. The molecular formula is C8H5N3S. The van der Waals surface area contributed by atoms with Gasteiger partial charge in [0.1, 0.15) is 17.7 Å². The maximum atomic E-state index is 8.46. The lowest BCUT2D eigenvalue weighted by Gasteiger charge is -1.85. The molecule has 3 nitrogen and oxygen atoms in total. The van der Waals surface area contributed by atoms with Crippen LogP contribution < -0.4 is 0 Å². The van der Waals surface area contributed by atoms with Crippen molar-refractivity contribution in [2.24, 2.45) is 0 Å². The lowest BCUT2D eigenvalue weighted by atomic mass is 10.2. The summed E-state index contributed by atoms with van der Waals surface area (Å²) < 4.78 is 0. The van der Waals surface area contributed by atoms with Gasteiger partial charge in [0.25, 0.3) is 0 Å². The van der Waals surface area contributed by atoms with E-state index in [-0.39, 0.29) is 5.57 Å². The van der Waals surface area contributed by atoms with E-state index >= 15 is 0 Å². The van der Waals surface area contributed by atoms with E-state index in [1.807, 2.05) is 6.92 Å². The van der Waals surface area contributed by atoms with Crippen molar-refractivity contribution in [1.82, 2.24) is 4.98 Å². The van der Waals surface area contributed by atoms with E-state index < -0.39 is 0 Å². The van der Waals surface area contributed by atoms with Gasteiger partial charge in [-0.25, -0.2) is 4.98 Å². The molecule has 1 heterocycles. The smallest absolute Gasteiger partial charge is 0.131 e. The molecule has 0 aliphatic rings. The third-order valence-corrected chi connectivity index (χ3v) is 2.18. The second kappa shape index (κ2) is 3.66. The highest BCUT2D eigenvalue weighted by molar-refractivity contribution is 7.10. The molecule has 1 aromatic rings. The first-order chi connectivity index (χ1) is 5.77. The van der Waals surface area contributed by atoms with Crippen LogP contribution in [-0.4, -0.2) is 4.98 Å². The first-order valence-corrected chi connectivity index (χ1v) is 4.08. The van der Waals surface area contributed by atoms with Gasteiger partial charge in [-0.05, 0) is 13.0 Å². The molecule has 0 saturated carbocycles. The second-order valence-electron chi connectivity index (χ2n) is 2.08. The van der Waals surface area contributed by atoms with Crippen molar-refractivity contribution in [3.05, 3.63) is 21.7 Å². The maximum Gasteiger partial charge on any atom is 0.131 e. The predicted molar refractivity (Wildman–Crippen MR) is 46.1 cm³/mol. The summed E-state index contributed by atoms with van der Waals surface area (Å²) in [4.78, 5) is 4.86. The van der Waals surface area contributed by atoms with Crippen LogP contribution >= 0.6 is 11.3 Å². The highest BCUT2D eigenvalue weighted by Crippen LogP contribution is 2.15. The normalized spacial score (nSPS) is 8.25. The number of aromatic nitrogens is 1. The fourth-order valence-electron chi connectivity index (χ4n) is 0.670. The van der Waals surface area contributed by atoms with E-state index in [0.717, 1.165) is 10.6 Å². The molecule has 1 rings (SSSR count). The molecule has 0 atom stereocenters. The van der Waals surface area contributed by atoms with Crippen LogP contribution in [0.1, 0.15) is 10.6 Å². The molecule has 0 radical (unpaired) electrons. The van der Waals surface area contributed by atoms with Crippen molar-refractivity contribution in [1.29, 1.82) is 10.5 Å². The average Bonchev–Trinajstić information content (AvgIpc) is 2.47. The number of nitrogens with zero attached hydrogens (tertiary/aromatic N) is 3. The van der Waals surface area contributed by atoms with Gasteiger partial charge in [0.2, 0.25) is 0 Å². The van der Waals surface area contributed by atoms with Crippen LogP contribution in [0.2, 0.25) is 0 Å². The van der Waals surface area contributed by atoms with E-state index in [2.05, 4.69) is 4.98 Å². The number of nitriles is 2. The van der Waals surface area contributed by atoms with Crippen LogP contribution in [0.4, 0.5) is 0 Å². The van der Waals surface area contributed by atoms with Gasteiger partial charge in [-0.2, -0.15) is 10.5 Å². The zero-order valence-electron chi connectivity index (χ0n) is 6.40. The Labute approximate surface area is 74.2 Å². The van der Waals surface area contributed by atoms with E-state index in [1.54, 1.807) is 23.7 Å². The van der Waals surface area contributed by atoms with Gasteiger partial charge in [-0.3, -0.25) is 0 Å². The number of aryl methyl sites for hydroxylation is 1. The number of hydrogen-bond donors (Lipinski definition) is 0. The van der Waals surface area contributed by atoms with Crippen LogP contribution in [0.5, 0.6) is 0 Å². The molecule has 12 heavy (non-hydrogen) atoms. The molecule has 4 heteroatoms. The third kappa shape index (κ3) is 1.69. The van der Waals surface area contributed by atoms with Crippen molar-refractivity contribution in [3.8, 4) is 12.1 Å². The van der Waals surface area contributed by atoms with Crippen molar-refractivity contribution >= 4 is 17.4 Å². The molecule has 0 unspecified atom stereocenters. The third-order valence-electron chi connectivity index (χ3n) is 1.30. The molecular weight excluding hydrogens is 170 g/mol. The van der Waals surface area contributed by atoms with Gasteiger partial charge in [0, 0.05) is 0 Å². The molecule has 0 bridgehead atoms. The summed E-state index contributed by atoms with van der Waals surface area (Å²) >= 11 is 1.42. The zero-order chi connectivity index (χ0) is 8.97. The van der Waals surface area contributed by atoms with Gasteiger partial charge in [0.15, 0.2) is 0 Å². The Morgan fingerprint density at radius 3 is 2.67 bits per heavy atom. The van der Waals surface area contributed by atoms with Crippen LogP contribution in [0, 0.1) is 29.6 Å². The Hall–Kier alpha value is -1.65. The highest BCUT2D eigenvalue weighted by Gasteiger charge is 1.99. The fraction of sp³-hybridized carbons (Fsp3) is 0.125. The minimum atomic E-state index is 0.113. The quantitative estimate of drug-likeness (QED) is 0.612. The molecule has 0 N–H and O–H groups in total. The first kappa shape index (κ1) is 8.45. The van der Waals surface area contributed by atoms with E-state index in [4.69, 9.17) is 10.5 Å². The van der Waals surface area contributed by atoms with E-state index in [0.29, 0.717) is 0 Å². The van der Waals surface area contributed by atoms with E-state index in [9.17, 15) is 0 Å². The largest absolute Gasteiger partial charge is 0.249 e. The summed E-state index contributed by atoms with van der Waals surface area (Å²) in [7, 11) is 0. The molecule has 1 aromatic heterocycles. The number of hydrogen-bond acceptors (Lipinski definition) is 4. The summed E-state index contributed by atoms with van der Waals surface area (Å²) in [6.07, 6.45) is 1.55. The number of thiazole rings is 1. The van der Waals surface area contributed by atoms with Crippen LogP contribution in [0.3, 0.4) is 0 Å².